The molecule has 0 bridgehead atoms. The molecule has 3 rings (SSSR count). The number of aryl methyl sites for hydroxylation is 3. The first-order valence-electron chi connectivity index (χ1n) is 9.94. The molecule has 0 fully saturated rings. The monoisotopic (exact) mass is 500 g/mol. The number of amides is 1. The highest BCUT2D eigenvalue weighted by atomic mass is 79.9. The van der Waals surface area contributed by atoms with Gasteiger partial charge in [-0.05, 0) is 66.8 Å². The Kier molecular flexibility index (Phi) is 7.64. The van der Waals surface area contributed by atoms with Gasteiger partial charge in [0.2, 0.25) is 15.9 Å². The van der Waals surface area contributed by atoms with Crippen LogP contribution in [0.25, 0.3) is 0 Å². The number of sulfonamides is 1. The van der Waals surface area contributed by atoms with Gasteiger partial charge in [0.1, 0.15) is 0 Å². The Morgan fingerprint density at radius 3 is 2.13 bits per heavy atom. The second-order valence-corrected chi connectivity index (χ2v) is 10.1. The van der Waals surface area contributed by atoms with Crippen molar-refractivity contribution >= 4 is 37.5 Å². The van der Waals surface area contributed by atoms with Crippen molar-refractivity contribution in [3.8, 4) is 0 Å². The Morgan fingerprint density at radius 2 is 1.52 bits per heavy atom. The second kappa shape index (κ2) is 10.2. The number of hydrogen-bond acceptors (Lipinski definition) is 3. The maximum atomic E-state index is 12.5. The van der Waals surface area contributed by atoms with Gasteiger partial charge in [0.25, 0.3) is 0 Å². The molecule has 162 valence electrons. The minimum absolute atomic E-state index is 0.0743. The van der Waals surface area contributed by atoms with Crippen LogP contribution in [-0.4, -0.2) is 14.3 Å². The molecule has 31 heavy (non-hydrogen) atoms. The predicted molar refractivity (Wildman–Crippen MR) is 127 cm³/mol. The Morgan fingerprint density at radius 1 is 0.903 bits per heavy atom. The number of nitrogens with one attached hydrogen (secondary N) is 2. The number of rotatable bonds is 8. The summed E-state index contributed by atoms with van der Waals surface area (Å²) in [7, 11) is -3.59. The molecule has 0 radical (unpaired) electrons. The third kappa shape index (κ3) is 6.50. The average Bonchev–Trinajstić information content (AvgIpc) is 2.74. The Balaban J connectivity index is 1.56. The summed E-state index contributed by atoms with van der Waals surface area (Å²) in [4.78, 5) is 12.6. The molecule has 3 aromatic rings. The van der Waals surface area contributed by atoms with Crippen molar-refractivity contribution in [1.29, 1.82) is 0 Å². The Labute approximate surface area is 192 Å². The summed E-state index contributed by atoms with van der Waals surface area (Å²) in [6.07, 6.45) is 0.839. The van der Waals surface area contributed by atoms with Crippen molar-refractivity contribution in [2.75, 3.05) is 5.32 Å². The summed E-state index contributed by atoms with van der Waals surface area (Å²) < 4.78 is 28.6. The summed E-state index contributed by atoms with van der Waals surface area (Å²) >= 11 is 3.46. The SMILES string of the molecule is Cc1cc(Br)cc(C)c1NC(=O)CCc1ccc(S(=O)(=O)NCc2ccccc2)cc1. The number of anilines is 1. The fraction of sp³-hybridized carbons (Fsp3) is 0.208. The minimum atomic E-state index is -3.59. The zero-order valence-corrected chi connectivity index (χ0v) is 19.9. The smallest absolute Gasteiger partial charge is 0.240 e. The van der Waals surface area contributed by atoms with Crippen LogP contribution < -0.4 is 10.0 Å². The molecule has 0 saturated heterocycles. The van der Waals surface area contributed by atoms with E-state index in [9.17, 15) is 13.2 Å². The number of carbonyl (C=O) groups is 1. The first-order chi connectivity index (χ1) is 14.7. The molecular weight excluding hydrogens is 476 g/mol. The highest BCUT2D eigenvalue weighted by Crippen LogP contribution is 2.25. The third-order valence-corrected chi connectivity index (χ3v) is 6.82. The third-order valence-electron chi connectivity index (χ3n) is 4.95. The summed E-state index contributed by atoms with van der Waals surface area (Å²) in [5, 5.41) is 2.98. The van der Waals surface area contributed by atoms with Crippen molar-refractivity contribution in [3.05, 3.63) is 93.5 Å². The van der Waals surface area contributed by atoms with E-state index in [0.29, 0.717) is 12.8 Å². The maximum absolute atomic E-state index is 12.5. The first-order valence-corrected chi connectivity index (χ1v) is 12.2. The lowest BCUT2D eigenvalue weighted by atomic mass is 10.1. The van der Waals surface area contributed by atoms with Crippen LogP contribution in [0, 0.1) is 13.8 Å². The van der Waals surface area contributed by atoms with Crippen LogP contribution in [0.2, 0.25) is 0 Å². The summed E-state index contributed by atoms with van der Waals surface area (Å²) in [5.74, 6) is -0.0743. The lowest BCUT2D eigenvalue weighted by Gasteiger charge is -2.12. The molecule has 0 unspecified atom stereocenters. The highest BCUT2D eigenvalue weighted by Gasteiger charge is 2.14. The number of halogens is 1. The molecule has 1 amide bonds. The normalized spacial score (nSPS) is 11.3. The van der Waals surface area contributed by atoms with Crippen molar-refractivity contribution < 1.29 is 13.2 Å². The van der Waals surface area contributed by atoms with E-state index in [1.54, 1.807) is 24.3 Å². The van der Waals surface area contributed by atoms with Crippen LogP contribution in [0.4, 0.5) is 5.69 Å². The molecule has 0 atom stereocenters. The molecule has 5 nitrogen and oxygen atoms in total. The van der Waals surface area contributed by atoms with Crippen LogP contribution in [0.3, 0.4) is 0 Å². The topological polar surface area (TPSA) is 75.3 Å². The standard InChI is InChI=1S/C24H25BrN2O3S/c1-17-14-21(25)15-18(2)24(17)27-23(28)13-10-19-8-11-22(12-9-19)31(29,30)26-16-20-6-4-3-5-7-20/h3-9,11-12,14-15,26H,10,13,16H2,1-2H3,(H,27,28). The molecule has 0 aliphatic rings. The zero-order chi connectivity index (χ0) is 22.4. The van der Waals surface area contributed by atoms with Crippen molar-refractivity contribution in [2.24, 2.45) is 0 Å². The summed E-state index contributed by atoms with van der Waals surface area (Å²) in [5.41, 5.74) is 4.63. The van der Waals surface area contributed by atoms with E-state index < -0.39 is 10.0 Å². The largest absolute Gasteiger partial charge is 0.326 e. The zero-order valence-electron chi connectivity index (χ0n) is 17.5. The minimum Gasteiger partial charge on any atom is -0.326 e. The van der Waals surface area contributed by atoms with Gasteiger partial charge < -0.3 is 5.32 Å². The van der Waals surface area contributed by atoms with Gasteiger partial charge in [0.15, 0.2) is 0 Å². The fourth-order valence-corrected chi connectivity index (χ4v) is 4.96. The summed E-state index contributed by atoms with van der Waals surface area (Å²) in [6.45, 7) is 4.15. The van der Waals surface area contributed by atoms with E-state index in [4.69, 9.17) is 0 Å². The maximum Gasteiger partial charge on any atom is 0.240 e. The number of carbonyl (C=O) groups excluding carboxylic acids is 1. The highest BCUT2D eigenvalue weighted by molar-refractivity contribution is 9.10. The van der Waals surface area contributed by atoms with Crippen LogP contribution in [0.5, 0.6) is 0 Å². The van der Waals surface area contributed by atoms with Crippen LogP contribution in [0.1, 0.15) is 28.7 Å². The van der Waals surface area contributed by atoms with Crippen LogP contribution in [0.15, 0.2) is 76.1 Å². The molecular formula is C24H25BrN2O3S. The first kappa shape index (κ1) is 23.2. The molecule has 3 aromatic carbocycles. The van der Waals surface area contributed by atoms with Gasteiger partial charge in [-0.3, -0.25) is 4.79 Å². The molecule has 0 heterocycles. The lowest BCUT2D eigenvalue weighted by Crippen LogP contribution is -2.23. The van der Waals surface area contributed by atoms with Gasteiger partial charge in [-0.2, -0.15) is 0 Å². The molecule has 0 spiro atoms. The Bertz CT molecular complexity index is 1140. The van der Waals surface area contributed by atoms with Crippen LogP contribution in [-0.2, 0) is 27.8 Å². The van der Waals surface area contributed by atoms with Crippen molar-refractivity contribution in [3.63, 3.8) is 0 Å². The second-order valence-electron chi connectivity index (χ2n) is 7.42. The summed E-state index contributed by atoms with van der Waals surface area (Å²) in [6, 6.07) is 19.9. The van der Waals surface area contributed by atoms with Crippen molar-refractivity contribution in [1.82, 2.24) is 4.72 Å². The molecule has 7 heteroatoms. The predicted octanol–water partition coefficient (Wildman–Crippen LogP) is 5.12. The van der Waals surface area contributed by atoms with Crippen molar-refractivity contribution in [2.45, 2.75) is 38.1 Å². The Hall–Kier alpha value is -2.48. The molecule has 0 aromatic heterocycles. The fourth-order valence-electron chi connectivity index (χ4n) is 3.26. The molecule has 0 aliphatic carbocycles. The van der Waals surface area contributed by atoms with E-state index in [1.807, 2.05) is 56.3 Å². The van der Waals surface area contributed by atoms with Gasteiger partial charge in [-0.25, -0.2) is 13.1 Å². The number of benzene rings is 3. The molecule has 2 N–H and O–H groups in total. The van der Waals surface area contributed by atoms with E-state index in [1.165, 1.54) is 0 Å². The van der Waals surface area contributed by atoms with Gasteiger partial charge in [0.05, 0.1) is 4.90 Å². The van der Waals surface area contributed by atoms with Gasteiger partial charge >= 0.3 is 0 Å². The molecule has 0 saturated carbocycles. The van der Waals surface area contributed by atoms with Gasteiger partial charge in [-0.1, -0.05) is 58.4 Å². The molecule has 0 aliphatic heterocycles. The lowest BCUT2D eigenvalue weighted by molar-refractivity contribution is -0.116. The van der Waals surface area contributed by atoms with E-state index in [2.05, 4.69) is 26.0 Å². The quantitative estimate of drug-likeness (QED) is 0.450. The number of hydrogen-bond donors (Lipinski definition) is 2. The van der Waals surface area contributed by atoms with Crippen LogP contribution >= 0.6 is 15.9 Å². The van der Waals surface area contributed by atoms with Gasteiger partial charge in [-0.15, -0.1) is 0 Å². The van der Waals surface area contributed by atoms with E-state index >= 15 is 0 Å². The van der Waals surface area contributed by atoms with E-state index in [-0.39, 0.29) is 17.3 Å². The average molecular weight is 501 g/mol. The van der Waals surface area contributed by atoms with Gasteiger partial charge in [0, 0.05) is 23.1 Å². The van der Waals surface area contributed by atoms with E-state index in [0.717, 1.165) is 32.4 Å².